The molecule has 5 nitrogen and oxygen atoms in total. The number of nitrogens with zero attached hydrogens (tertiary/aromatic N) is 2. The standard InChI is InChI=1S/C17H16ClN3O2/c18-13-9-14-16(20-15(13)11-5-2-1-3-6-11)21-17(19-14)23-12-7-4-8-22-10-12/h1-3,5-6,9,12H,4,7-8,10H2,(H,19,20,21). The van der Waals surface area contributed by atoms with E-state index in [1.807, 2.05) is 36.4 Å². The van der Waals surface area contributed by atoms with Crippen LogP contribution in [-0.2, 0) is 4.74 Å². The molecule has 0 saturated carbocycles. The minimum atomic E-state index is 0.0355. The van der Waals surface area contributed by atoms with Crippen LogP contribution in [0.3, 0.4) is 0 Å². The summed E-state index contributed by atoms with van der Waals surface area (Å²) in [5.74, 6) is 0. The molecule has 1 N–H and O–H groups in total. The van der Waals surface area contributed by atoms with E-state index in [1.54, 1.807) is 0 Å². The molecule has 0 amide bonds. The quantitative estimate of drug-likeness (QED) is 0.793. The number of aromatic nitrogens is 3. The van der Waals surface area contributed by atoms with Crippen LogP contribution in [0.2, 0.25) is 5.02 Å². The monoisotopic (exact) mass is 329 g/mol. The summed E-state index contributed by atoms with van der Waals surface area (Å²) >= 11 is 6.37. The molecule has 1 aliphatic rings. The summed E-state index contributed by atoms with van der Waals surface area (Å²) in [5.41, 5.74) is 3.05. The van der Waals surface area contributed by atoms with Crippen LogP contribution < -0.4 is 4.74 Å². The SMILES string of the molecule is Clc1cc2[nH]c(OC3CCCOC3)nc2nc1-c1ccccc1. The highest BCUT2D eigenvalue weighted by atomic mass is 35.5. The number of imidazole rings is 1. The molecule has 1 fully saturated rings. The van der Waals surface area contributed by atoms with Crippen molar-refractivity contribution in [3.05, 3.63) is 41.4 Å². The summed E-state index contributed by atoms with van der Waals surface area (Å²) in [5, 5.41) is 0.583. The van der Waals surface area contributed by atoms with Crippen molar-refractivity contribution in [3.63, 3.8) is 0 Å². The van der Waals surface area contributed by atoms with Crippen molar-refractivity contribution in [1.29, 1.82) is 0 Å². The third kappa shape index (κ3) is 3.02. The molecule has 1 atom stereocenters. The maximum atomic E-state index is 6.37. The zero-order valence-electron chi connectivity index (χ0n) is 12.5. The van der Waals surface area contributed by atoms with Crippen molar-refractivity contribution in [2.75, 3.05) is 13.2 Å². The molecule has 3 heterocycles. The lowest BCUT2D eigenvalue weighted by Crippen LogP contribution is -2.28. The molecule has 1 unspecified atom stereocenters. The Labute approximate surface area is 138 Å². The van der Waals surface area contributed by atoms with Crippen LogP contribution in [0.4, 0.5) is 0 Å². The van der Waals surface area contributed by atoms with Crippen LogP contribution in [0.5, 0.6) is 6.01 Å². The molecule has 0 spiro atoms. The first-order valence-electron chi connectivity index (χ1n) is 7.66. The van der Waals surface area contributed by atoms with Crippen molar-refractivity contribution in [3.8, 4) is 17.3 Å². The van der Waals surface area contributed by atoms with Gasteiger partial charge in [0.15, 0.2) is 5.65 Å². The molecule has 1 saturated heterocycles. The van der Waals surface area contributed by atoms with Gasteiger partial charge < -0.3 is 14.5 Å². The fourth-order valence-corrected chi connectivity index (χ4v) is 2.97. The van der Waals surface area contributed by atoms with Crippen LogP contribution in [-0.4, -0.2) is 34.3 Å². The van der Waals surface area contributed by atoms with Crippen LogP contribution in [0.1, 0.15) is 12.8 Å². The highest BCUT2D eigenvalue weighted by Crippen LogP contribution is 2.29. The number of ether oxygens (including phenoxy) is 2. The van der Waals surface area contributed by atoms with Gasteiger partial charge in [-0.3, -0.25) is 0 Å². The van der Waals surface area contributed by atoms with Crippen LogP contribution in [0.15, 0.2) is 36.4 Å². The van der Waals surface area contributed by atoms with E-state index in [1.165, 1.54) is 0 Å². The Morgan fingerprint density at radius 3 is 2.87 bits per heavy atom. The number of hydrogen-bond acceptors (Lipinski definition) is 4. The molecule has 0 radical (unpaired) electrons. The number of halogens is 1. The number of fused-ring (bicyclic) bond motifs is 1. The third-order valence-electron chi connectivity index (χ3n) is 3.85. The van der Waals surface area contributed by atoms with E-state index >= 15 is 0 Å². The molecule has 118 valence electrons. The van der Waals surface area contributed by atoms with E-state index in [-0.39, 0.29) is 6.10 Å². The molecule has 0 bridgehead atoms. The summed E-state index contributed by atoms with van der Waals surface area (Å²) in [4.78, 5) is 12.1. The first-order valence-corrected chi connectivity index (χ1v) is 8.03. The maximum Gasteiger partial charge on any atom is 0.296 e. The number of aromatic amines is 1. The highest BCUT2D eigenvalue weighted by molar-refractivity contribution is 6.33. The van der Waals surface area contributed by atoms with Gasteiger partial charge in [-0.1, -0.05) is 41.9 Å². The Morgan fingerprint density at radius 2 is 2.09 bits per heavy atom. The van der Waals surface area contributed by atoms with E-state index in [9.17, 15) is 0 Å². The van der Waals surface area contributed by atoms with Crippen molar-refractivity contribution >= 4 is 22.8 Å². The van der Waals surface area contributed by atoms with Crippen LogP contribution in [0.25, 0.3) is 22.4 Å². The highest BCUT2D eigenvalue weighted by Gasteiger charge is 2.18. The lowest BCUT2D eigenvalue weighted by Gasteiger charge is -2.21. The Balaban J connectivity index is 1.66. The first kappa shape index (κ1) is 14.5. The van der Waals surface area contributed by atoms with Gasteiger partial charge in [0.25, 0.3) is 6.01 Å². The molecule has 0 aliphatic carbocycles. The van der Waals surface area contributed by atoms with Gasteiger partial charge in [-0.05, 0) is 18.9 Å². The van der Waals surface area contributed by atoms with Gasteiger partial charge in [-0.15, -0.1) is 0 Å². The molecule has 3 aromatic rings. The number of hydrogen-bond donors (Lipinski definition) is 1. The van der Waals surface area contributed by atoms with Gasteiger partial charge in [0.1, 0.15) is 6.10 Å². The molecule has 4 rings (SSSR count). The number of rotatable bonds is 3. The number of nitrogens with one attached hydrogen (secondary N) is 1. The fraction of sp³-hybridized carbons (Fsp3) is 0.294. The van der Waals surface area contributed by atoms with Gasteiger partial charge >= 0.3 is 0 Å². The summed E-state index contributed by atoms with van der Waals surface area (Å²) < 4.78 is 11.3. The lowest BCUT2D eigenvalue weighted by molar-refractivity contribution is 0.00389. The van der Waals surface area contributed by atoms with Crippen molar-refractivity contribution < 1.29 is 9.47 Å². The zero-order valence-corrected chi connectivity index (χ0v) is 13.2. The van der Waals surface area contributed by atoms with Crippen molar-refractivity contribution in [2.45, 2.75) is 18.9 Å². The largest absolute Gasteiger partial charge is 0.459 e. The summed E-state index contributed by atoms with van der Waals surface area (Å²) in [7, 11) is 0. The predicted octanol–water partition coefficient (Wildman–Crippen LogP) is 3.84. The Hall–Kier alpha value is -2.11. The maximum absolute atomic E-state index is 6.37. The number of H-pyrrole nitrogens is 1. The van der Waals surface area contributed by atoms with Gasteiger partial charge in [-0.25, -0.2) is 4.98 Å². The molecular formula is C17H16ClN3O2. The second-order valence-corrected chi connectivity index (χ2v) is 5.96. The fourth-order valence-electron chi connectivity index (χ4n) is 2.71. The minimum Gasteiger partial charge on any atom is -0.459 e. The third-order valence-corrected chi connectivity index (χ3v) is 4.14. The van der Waals surface area contributed by atoms with Crippen LogP contribution >= 0.6 is 11.6 Å². The van der Waals surface area contributed by atoms with Gasteiger partial charge in [0.05, 0.1) is 22.8 Å². The predicted molar refractivity (Wildman–Crippen MR) is 88.8 cm³/mol. The first-order chi connectivity index (χ1) is 11.3. The molecular weight excluding hydrogens is 314 g/mol. The molecule has 1 aromatic carbocycles. The topological polar surface area (TPSA) is 60.0 Å². The van der Waals surface area contributed by atoms with E-state index in [2.05, 4.69) is 15.0 Å². The minimum absolute atomic E-state index is 0.0355. The average Bonchev–Trinajstić information content (AvgIpc) is 2.97. The van der Waals surface area contributed by atoms with Gasteiger partial charge in [0.2, 0.25) is 0 Å². The second-order valence-electron chi connectivity index (χ2n) is 5.55. The van der Waals surface area contributed by atoms with E-state index in [0.717, 1.165) is 36.2 Å². The van der Waals surface area contributed by atoms with E-state index in [4.69, 9.17) is 21.1 Å². The summed E-state index contributed by atoms with van der Waals surface area (Å²) in [6.07, 6.45) is 2.02. The average molecular weight is 330 g/mol. The normalized spacial score (nSPS) is 18.2. The summed E-state index contributed by atoms with van der Waals surface area (Å²) in [6, 6.07) is 12.1. The lowest BCUT2D eigenvalue weighted by atomic mass is 10.1. The number of benzene rings is 1. The molecule has 6 heteroatoms. The smallest absolute Gasteiger partial charge is 0.296 e. The van der Waals surface area contributed by atoms with Crippen molar-refractivity contribution in [1.82, 2.24) is 15.0 Å². The van der Waals surface area contributed by atoms with E-state index in [0.29, 0.717) is 23.3 Å². The van der Waals surface area contributed by atoms with E-state index < -0.39 is 0 Å². The Morgan fingerprint density at radius 1 is 1.22 bits per heavy atom. The van der Waals surface area contributed by atoms with Gasteiger partial charge in [0, 0.05) is 12.2 Å². The molecule has 1 aliphatic heterocycles. The van der Waals surface area contributed by atoms with Crippen molar-refractivity contribution in [2.24, 2.45) is 0 Å². The number of pyridine rings is 1. The molecule has 23 heavy (non-hydrogen) atoms. The molecule has 2 aromatic heterocycles. The summed E-state index contributed by atoms with van der Waals surface area (Å²) in [6.45, 7) is 1.40. The second kappa shape index (κ2) is 6.18. The van der Waals surface area contributed by atoms with Gasteiger partial charge in [-0.2, -0.15) is 4.98 Å². The zero-order chi connectivity index (χ0) is 15.6. The Kier molecular flexibility index (Phi) is 3.89. The Bertz CT molecular complexity index is 813. The van der Waals surface area contributed by atoms with Crippen LogP contribution in [0, 0.1) is 0 Å².